The van der Waals surface area contributed by atoms with Crippen LogP contribution in [0.1, 0.15) is 35.2 Å². The van der Waals surface area contributed by atoms with Crippen molar-refractivity contribution in [3.63, 3.8) is 0 Å². The van der Waals surface area contributed by atoms with Gasteiger partial charge in [0, 0.05) is 37.9 Å². The second-order valence-electron chi connectivity index (χ2n) is 8.20. The maximum absolute atomic E-state index is 4.95. The Morgan fingerprint density at radius 2 is 2.00 bits per heavy atom. The summed E-state index contributed by atoms with van der Waals surface area (Å²) in [5, 5.41) is 0. The third kappa shape index (κ3) is 3.92. The fourth-order valence-corrected chi connectivity index (χ4v) is 4.07. The molecular formula is C25H29N5. The van der Waals surface area contributed by atoms with Gasteiger partial charge in [0.2, 0.25) is 5.96 Å². The number of nitrogens with zero attached hydrogens (tertiary/aromatic N) is 5. The smallest absolute Gasteiger partial charge is 0.206 e. The van der Waals surface area contributed by atoms with Gasteiger partial charge in [-0.05, 0) is 61.1 Å². The zero-order valence-corrected chi connectivity index (χ0v) is 18.1. The van der Waals surface area contributed by atoms with Crippen molar-refractivity contribution in [2.45, 2.75) is 26.7 Å². The first-order valence-corrected chi connectivity index (χ1v) is 10.4. The van der Waals surface area contributed by atoms with Crippen LogP contribution in [0.2, 0.25) is 0 Å². The van der Waals surface area contributed by atoms with E-state index in [2.05, 4.69) is 65.0 Å². The molecule has 4 rings (SSSR count). The molecule has 2 aromatic rings. The molecule has 5 heteroatoms. The minimum atomic E-state index is 0.402. The number of hydrogen-bond donors (Lipinski definition) is 0. The lowest BCUT2D eigenvalue weighted by atomic mass is 9.86. The number of hydrogen-bond acceptors (Lipinski definition) is 5. The summed E-state index contributed by atoms with van der Waals surface area (Å²) in [5.74, 6) is 1.33. The van der Waals surface area contributed by atoms with Crippen molar-refractivity contribution in [2.24, 2.45) is 10.9 Å². The first kappa shape index (κ1) is 20.1. The molecule has 0 saturated carbocycles. The van der Waals surface area contributed by atoms with Crippen LogP contribution in [0.15, 0.2) is 66.7 Å². The number of aryl methyl sites for hydroxylation is 2. The van der Waals surface area contributed by atoms with Gasteiger partial charge in [0.05, 0.1) is 11.4 Å². The van der Waals surface area contributed by atoms with Crippen molar-refractivity contribution < 1.29 is 0 Å². The summed E-state index contributed by atoms with van der Waals surface area (Å²) < 4.78 is 0. The van der Waals surface area contributed by atoms with Gasteiger partial charge in [-0.3, -0.25) is 0 Å². The number of likely N-dealkylation sites (tertiary alicyclic amines) is 1. The van der Waals surface area contributed by atoms with Gasteiger partial charge in [-0.15, -0.1) is 0 Å². The molecule has 1 aromatic heterocycles. The third-order valence-electron chi connectivity index (χ3n) is 6.17. The van der Waals surface area contributed by atoms with Crippen LogP contribution in [-0.4, -0.2) is 45.9 Å². The van der Waals surface area contributed by atoms with Gasteiger partial charge in [0.15, 0.2) is 0 Å². The monoisotopic (exact) mass is 399 g/mol. The van der Waals surface area contributed by atoms with Crippen LogP contribution < -0.4 is 0 Å². The lowest BCUT2D eigenvalue weighted by Crippen LogP contribution is -2.47. The zero-order valence-electron chi connectivity index (χ0n) is 18.1. The van der Waals surface area contributed by atoms with Crippen molar-refractivity contribution in [3.8, 4) is 0 Å². The molecule has 3 heterocycles. The highest BCUT2D eigenvalue weighted by Gasteiger charge is 2.29. The average Bonchev–Trinajstić information content (AvgIpc) is 2.77. The molecule has 0 bridgehead atoms. The summed E-state index contributed by atoms with van der Waals surface area (Å²) in [5.41, 5.74) is 7.63. The molecule has 2 aliphatic rings. The van der Waals surface area contributed by atoms with Crippen LogP contribution in [0.5, 0.6) is 0 Å². The Hall–Kier alpha value is -3.21. The van der Waals surface area contributed by atoms with E-state index in [9.17, 15) is 0 Å². The molecule has 1 fully saturated rings. The van der Waals surface area contributed by atoms with Crippen molar-refractivity contribution in [1.29, 1.82) is 0 Å². The molecule has 0 radical (unpaired) electrons. The van der Waals surface area contributed by atoms with E-state index in [1.807, 2.05) is 19.2 Å². The highest BCUT2D eigenvalue weighted by atomic mass is 15.4. The predicted octanol–water partition coefficient (Wildman–Crippen LogP) is 4.67. The van der Waals surface area contributed by atoms with Crippen LogP contribution in [0.25, 0.3) is 11.3 Å². The second kappa shape index (κ2) is 8.27. The van der Waals surface area contributed by atoms with E-state index in [4.69, 9.17) is 4.99 Å². The third-order valence-corrected chi connectivity index (χ3v) is 6.17. The Bertz CT molecular complexity index is 1030. The highest BCUT2D eigenvalue weighted by molar-refractivity contribution is 5.91. The van der Waals surface area contributed by atoms with Crippen LogP contribution in [-0.2, 0) is 0 Å². The normalized spacial score (nSPS) is 19.4. The number of rotatable bonds is 3. The van der Waals surface area contributed by atoms with E-state index in [1.54, 1.807) is 12.5 Å². The highest BCUT2D eigenvalue weighted by Crippen LogP contribution is 2.32. The Labute approximate surface area is 179 Å². The molecule has 1 atom stereocenters. The van der Waals surface area contributed by atoms with Crippen molar-refractivity contribution in [1.82, 2.24) is 19.8 Å². The molecule has 1 aromatic carbocycles. The van der Waals surface area contributed by atoms with Gasteiger partial charge in [0.25, 0.3) is 0 Å². The standard InChI is InChI=1S/C25H29N5/c1-17-8-9-21(13-18(17)2)20(4)22-7-6-12-30(15-22)25-28-24(14-19(3)29(25)5)23-10-11-26-16-27-23/h8-11,13-14,16,22H,3-4,6-7,12,15H2,1-2,5H3. The van der Waals surface area contributed by atoms with Gasteiger partial charge in [-0.25, -0.2) is 15.0 Å². The average molecular weight is 400 g/mol. The molecule has 1 saturated heterocycles. The van der Waals surface area contributed by atoms with E-state index in [-0.39, 0.29) is 0 Å². The van der Waals surface area contributed by atoms with Gasteiger partial charge in [-0.1, -0.05) is 31.4 Å². The number of aromatic nitrogens is 2. The van der Waals surface area contributed by atoms with Crippen LogP contribution in [0, 0.1) is 19.8 Å². The summed E-state index contributed by atoms with van der Waals surface area (Å²) in [7, 11) is 2.02. The second-order valence-corrected chi connectivity index (χ2v) is 8.20. The lowest BCUT2D eigenvalue weighted by molar-refractivity contribution is 0.275. The van der Waals surface area contributed by atoms with Crippen LogP contribution >= 0.6 is 0 Å². The molecule has 0 spiro atoms. The van der Waals surface area contributed by atoms with Crippen molar-refractivity contribution in [3.05, 3.63) is 84.1 Å². The number of guanidine groups is 1. The lowest BCUT2D eigenvalue weighted by Gasteiger charge is -2.40. The Morgan fingerprint density at radius 1 is 1.17 bits per heavy atom. The molecule has 5 nitrogen and oxygen atoms in total. The van der Waals surface area contributed by atoms with Crippen molar-refractivity contribution >= 4 is 17.2 Å². The summed E-state index contributed by atoms with van der Waals surface area (Å²) in [6.07, 6.45) is 7.53. The largest absolute Gasteiger partial charge is 0.342 e. The van der Waals surface area contributed by atoms with E-state index in [0.717, 1.165) is 49.0 Å². The van der Waals surface area contributed by atoms with Crippen LogP contribution in [0.4, 0.5) is 0 Å². The van der Waals surface area contributed by atoms with Gasteiger partial charge in [0.1, 0.15) is 6.33 Å². The molecule has 154 valence electrons. The number of piperidine rings is 1. The first-order chi connectivity index (χ1) is 14.4. The summed E-state index contributed by atoms with van der Waals surface area (Å²) in [6, 6.07) is 8.54. The predicted molar refractivity (Wildman–Crippen MR) is 124 cm³/mol. The number of benzene rings is 1. The van der Waals surface area contributed by atoms with E-state index in [1.165, 1.54) is 22.3 Å². The van der Waals surface area contributed by atoms with E-state index >= 15 is 0 Å². The Morgan fingerprint density at radius 3 is 2.73 bits per heavy atom. The fourth-order valence-electron chi connectivity index (χ4n) is 4.07. The molecule has 2 aliphatic heterocycles. The quantitative estimate of drug-likeness (QED) is 0.752. The Kier molecular flexibility index (Phi) is 5.53. The van der Waals surface area contributed by atoms with Crippen LogP contribution in [0.3, 0.4) is 0 Å². The minimum absolute atomic E-state index is 0.402. The van der Waals surface area contributed by atoms with E-state index in [0.29, 0.717) is 5.92 Å². The Balaban J connectivity index is 1.58. The molecular weight excluding hydrogens is 370 g/mol. The van der Waals surface area contributed by atoms with Gasteiger partial charge < -0.3 is 9.80 Å². The number of likely N-dealkylation sites (N-methyl/N-ethyl adjacent to an activating group) is 1. The summed E-state index contributed by atoms with van der Waals surface area (Å²) in [6.45, 7) is 14.9. The zero-order chi connectivity index (χ0) is 21.3. The fraction of sp³-hybridized carbons (Fsp3) is 0.320. The number of allylic oxidation sites excluding steroid dienone is 1. The molecule has 0 N–H and O–H groups in total. The topological polar surface area (TPSA) is 44.6 Å². The molecule has 1 unspecified atom stereocenters. The van der Waals surface area contributed by atoms with Crippen molar-refractivity contribution in [2.75, 3.05) is 20.1 Å². The van der Waals surface area contributed by atoms with Gasteiger partial charge in [-0.2, -0.15) is 0 Å². The van der Waals surface area contributed by atoms with Gasteiger partial charge >= 0.3 is 0 Å². The first-order valence-electron chi connectivity index (χ1n) is 10.4. The summed E-state index contributed by atoms with van der Waals surface area (Å²) in [4.78, 5) is 17.7. The maximum Gasteiger partial charge on any atom is 0.206 e. The molecule has 0 aliphatic carbocycles. The molecule has 0 amide bonds. The SMILES string of the molecule is C=C(c1ccc(C)c(C)c1)C1CCCN(C2=NC(c3ccncn3)=CC(=C)N2C)C1. The van der Waals surface area contributed by atoms with E-state index < -0.39 is 0 Å². The number of aliphatic imine (C=N–C) groups is 1. The molecule has 30 heavy (non-hydrogen) atoms. The summed E-state index contributed by atoms with van der Waals surface area (Å²) >= 11 is 0. The maximum atomic E-state index is 4.95. The minimum Gasteiger partial charge on any atom is -0.342 e.